The Morgan fingerprint density at radius 1 is 1.21 bits per heavy atom. The third-order valence-electron chi connectivity index (χ3n) is 3.47. The summed E-state index contributed by atoms with van der Waals surface area (Å²) in [4.78, 5) is 48.0. The molecule has 0 bridgehead atoms. The van der Waals surface area contributed by atoms with E-state index in [4.69, 9.17) is 24.4 Å². The molecule has 1 fully saturated rings. The highest BCUT2D eigenvalue weighted by Crippen LogP contribution is 2.21. The van der Waals surface area contributed by atoms with Gasteiger partial charge >= 0.3 is 11.9 Å². The van der Waals surface area contributed by atoms with Gasteiger partial charge in [-0.1, -0.05) is 6.07 Å². The van der Waals surface area contributed by atoms with Gasteiger partial charge in [0.15, 0.2) is 0 Å². The van der Waals surface area contributed by atoms with E-state index < -0.39 is 23.5 Å². The van der Waals surface area contributed by atoms with Crippen molar-refractivity contribution in [3.63, 3.8) is 0 Å². The first-order valence-corrected chi connectivity index (χ1v) is 9.52. The molecule has 154 valence electrons. The fourth-order valence-corrected chi connectivity index (χ4v) is 2.92. The largest absolute Gasteiger partial charge is 0.461 e. The van der Waals surface area contributed by atoms with Crippen LogP contribution in [0.5, 0.6) is 0 Å². The Morgan fingerprint density at radius 3 is 2.54 bits per heavy atom. The predicted molar refractivity (Wildman–Crippen MR) is 95.2 cm³/mol. The summed E-state index contributed by atoms with van der Waals surface area (Å²) in [7, 11) is 0. The van der Waals surface area contributed by atoms with Crippen LogP contribution in [0.15, 0.2) is 18.2 Å². The fourth-order valence-electron chi connectivity index (χ4n) is 2.09. The van der Waals surface area contributed by atoms with E-state index in [9.17, 15) is 19.7 Å². The summed E-state index contributed by atoms with van der Waals surface area (Å²) in [5.74, 6) is -0.0611. The number of nitro groups is 1. The van der Waals surface area contributed by atoms with E-state index >= 15 is 0 Å². The number of carbonyl (C=O) groups is 2. The van der Waals surface area contributed by atoms with Crippen molar-refractivity contribution in [3.05, 3.63) is 39.4 Å². The molecule has 1 aromatic carbocycles. The van der Waals surface area contributed by atoms with Crippen LogP contribution >= 0.6 is 11.8 Å². The summed E-state index contributed by atoms with van der Waals surface area (Å²) in [6, 6.07) is 4.25. The Bertz CT molecular complexity index is 695. The average Bonchev–Trinajstić information content (AvgIpc) is 3.18. The number of thioether (sulfide) groups is 1. The third-order valence-corrected chi connectivity index (χ3v) is 4.46. The van der Waals surface area contributed by atoms with E-state index in [-0.39, 0.29) is 30.7 Å². The second-order valence-corrected chi connectivity index (χ2v) is 6.73. The minimum absolute atomic E-state index is 0.0990. The molecule has 11 nitrogen and oxygen atoms in total. The Morgan fingerprint density at radius 2 is 1.89 bits per heavy atom. The van der Waals surface area contributed by atoms with E-state index in [1.165, 1.54) is 23.9 Å². The number of nitrogens with zero attached hydrogens (tertiary/aromatic N) is 2. The molecule has 0 atom stereocenters. The van der Waals surface area contributed by atoms with E-state index in [2.05, 4.69) is 0 Å². The summed E-state index contributed by atoms with van der Waals surface area (Å²) in [5, 5.41) is 20.7. The van der Waals surface area contributed by atoms with E-state index in [0.717, 1.165) is 0 Å². The lowest BCUT2D eigenvalue weighted by molar-refractivity contribution is -0.460. The highest BCUT2D eigenvalue weighted by atomic mass is 32.2. The van der Waals surface area contributed by atoms with Crippen molar-refractivity contribution >= 4 is 29.4 Å². The number of aliphatic hydroxyl groups is 1. The summed E-state index contributed by atoms with van der Waals surface area (Å²) < 4.78 is 5.08. The Balaban J connectivity index is 1.60. The Labute approximate surface area is 164 Å². The molecule has 2 rings (SSSR count). The first-order valence-electron chi connectivity index (χ1n) is 8.36. The van der Waals surface area contributed by atoms with Crippen molar-refractivity contribution in [1.29, 1.82) is 0 Å². The highest BCUT2D eigenvalue weighted by Gasteiger charge is 2.19. The van der Waals surface area contributed by atoms with Crippen molar-refractivity contribution in [2.45, 2.75) is 26.1 Å². The van der Waals surface area contributed by atoms with E-state index in [1.807, 2.05) is 0 Å². The molecule has 0 unspecified atom stereocenters. The zero-order chi connectivity index (χ0) is 20.4. The first kappa shape index (κ1) is 22.0. The lowest BCUT2D eigenvalue weighted by Gasteiger charge is -2.10. The smallest absolute Gasteiger partial charge is 0.331 e. The average molecular weight is 416 g/mol. The standard InChI is InChI=1S/C16H20N2O9S/c19-10-13-2-1-12(9-14(13)17(22)23)11-24-15(20)3-7-28-8-4-16(21)27-18-25-5-6-26-18/h1-2,9,19H,3-8,10-11H2. The minimum Gasteiger partial charge on any atom is -0.461 e. The summed E-state index contributed by atoms with van der Waals surface area (Å²) in [6.07, 6.45) is 0.263. The molecule has 0 aromatic heterocycles. The monoisotopic (exact) mass is 416 g/mol. The zero-order valence-corrected chi connectivity index (χ0v) is 15.7. The maximum atomic E-state index is 11.7. The van der Waals surface area contributed by atoms with Crippen LogP contribution in [-0.4, -0.2) is 52.1 Å². The van der Waals surface area contributed by atoms with Crippen LogP contribution in [0, 0.1) is 10.1 Å². The van der Waals surface area contributed by atoms with Gasteiger partial charge in [0, 0.05) is 17.6 Å². The van der Waals surface area contributed by atoms with Crippen LogP contribution < -0.4 is 0 Å². The normalized spacial score (nSPS) is 14.0. The first-order chi connectivity index (χ1) is 13.5. The predicted octanol–water partition coefficient (Wildman–Crippen LogP) is 1.28. The lowest BCUT2D eigenvalue weighted by atomic mass is 10.1. The number of ether oxygens (including phenoxy) is 1. The highest BCUT2D eigenvalue weighted by molar-refractivity contribution is 7.99. The maximum Gasteiger partial charge on any atom is 0.331 e. The molecule has 0 aliphatic carbocycles. The summed E-state index contributed by atoms with van der Waals surface area (Å²) in [6.45, 7) is 0.101. The lowest BCUT2D eigenvalue weighted by Crippen LogP contribution is -2.22. The molecular formula is C16H20N2O9S. The second kappa shape index (κ2) is 11.6. The van der Waals surface area contributed by atoms with Gasteiger partial charge in [-0.3, -0.25) is 19.7 Å². The van der Waals surface area contributed by atoms with Gasteiger partial charge < -0.3 is 14.7 Å². The molecule has 1 aromatic rings. The number of hydrogen-bond donors (Lipinski definition) is 1. The van der Waals surface area contributed by atoms with Gasteiger partial charge in [-0.2, -0.15) is 11.8 Å². The van der Waals surface area contributed by atoms with Gasteiger partial charge in [0.05, 0.1) is 29.9 Å². The second-order valence-electron chi connectivity index (χ2n) is 5.50. The molecule has 0 amide bonds. The SMILES string of the molecule is O=C(CCSCCC(=O)ON1OCCO1)OCc1ccc(CO)c([N+](=O)[O-])c1. The number of nitro benzene ring substituents is 1. The van der Waals surface area contributed by atoms with Gasteiger partial charge in [-0.15, -0.1) is 0 Å². The van der Waals surface area contributed by atoms with Crippen LogP contribution in [0.25, 0.3) is 0 Å². The van der Waals surface area contributed by atoms with Crippen LogP contribution in [0.3, 0.4) is 0 Å². The third kappa shape index (κ3) is 7.40. The Kier molecular flexibility index (Phi) is 9.10. The molecule has 1 aliphatic rings. The number of carbonyl (C=O) groups excluding carboxylic acids is 2. The summed E-state index contributed by atoms with van der Waals surface area (Å²) >= 11 is 1.38. The van der Waals surface area contributed by atoms with Crippen LogP contribution in [0.2, 0.25) is 0 Å². The van der Waals surface area contributed by atoms with Crippen molar-refractivity contribution in [1.82, 2.24) is 5.39 Å². The number of esters is 1. The fraction of sp³-hybridized carbons (Fsp3) is 0.500. The molecule has 1 aliphatic heterocycles. The molecule has 0 spiro atoms. The van der Waals surface area contributed by atoms with Gasteiger partial charge in [0.1, 0.15) is 25.2 Å². The molecule has 0 radical (unpaired) electrons. The number of rotatable bonds is 11. The molecule has 0 saturated carbocycles. The van der Waals surface area contributed by atoms with Gasteiger partial charge in [-0.25, -0.2) is 9.68 Å². The summed E-state index contributed by atoms with van der Waals surface area (Å²) in [5.41, 5.74) is 0.431. The molecule has 12 heteroatoms. The number of aliphatic hydroxyl groups excluding tert-OH is 1. The van der Waals surface area contributed by atoms with Crippen LogP contribution in [0.1, 0.15) is 24.0 Å². The zero-order valence-electron chi connectivity index (χ0n) is 14.9. The van der Waals surface area contributed by atoms with Crippen molar-refractivity contribution in [2.75, 3.05) is 24.7 Å². The van der Waals surface area contributed by atoms with Crippen LogP contribution in [-0.2, 0) is 42.1 Å². The molecule has 1 N–H and O–H groups in total. The molecule has 1 saturated heterocycles. The van der Waals surface area contributed by atoms with Gasteiger partial charge in [0.25, 0.3) is 5.69 Å². The Hall–Kier alpha value is -2.25. The van der Waals surface area contributed by atoms with Crippen molar-refractivity contribution in [2.24, 2.45) is 0 Å². The van der Waals surface area contributed by atoms with E-state index in [0.29, 0.717) is 35.7 Å². The topological polar surface area (TPSA) is 138 Å². The van der Waals surface area contributed by atoms with Crippen molar-refractivity contribution < 1.29 is 38.9 Å². The number of hydrogen-bond acceptors (Lipinski definition) is 11. The molecule has 28 heavy (non-hydrogen) atoms. The molecular weight excluding hydrogens is 396 g/mol. The quantitative estimate of drug-likeness (QED) is 0.242. The molecule has 1 heterocycles. The van der Waals surface area contributed by atoms with Crippen molar-refractivity contribution in [3.8, 4) is 0 Å². The van der Waals surface area contributed by atoms with Gasteiger partial charge in [-0.05, 0) is 11.6 Å². The minimum atomic E-state index is -0.597. The van der Waals surface area contributed by atoms with Crippen LogP contribution in [0.4, 0.5) is 5.69 Å². The van der Waals surface area contributed by atoms with E-state index in [1.54, 1.807) is 6.07 Å². The number of benzene rings is 1. The van der Waals surface area contributed by atoms with Gasteiger partial charge in [0.2, 0.25) is 0 Å². The maximum absolute atomic E-state index is 11.7.